The summed E-state index contributed by atoms with van der Waals surface area (Å²) in [6, 6.07) is 7.40. The van der Waals surface area contributed by atoms with Crippen molar-refractivity contribution in [3.05, 3.63) is 58.4 Å². The Morgan fingerprint density at radius 2 is 2.17 bits per heavy atom. The molecule has 2 aromatic rings. The molecule has 1 aromatic heterocycles. The summed E-state index contributed by atoms with van der Waals surface area (Å²) in [6.07, 6.45) is 4.29. The molecular formula is C17H18ClN3O2. The first-order valence-electron chi connectivity index (χ1n) is 7.45. The molecule has 0 spiro atoms. The van der Waals surface area contributed by atoms with Crippen LogP contribution in [0, 0.1) is 0 Å². The second kappa shape index (κ2) is 6.87. The number of halogens is 1. The minimum atomic E-state index is -0.145. The molecule has 0 saturated carbocycles. The van der Waals surface area contributed by atoms with E-state index in [0.717, 1.165) is 28.9 Å². The molecule has 0 saturated heterocycles. The van der Waals surface area contributed by atoms with Gasteiger partial charge in [0, 0.05) is 49.5 Å². The van der Waals surface area contributed by atoms with Gasteiger partial charge in [0.15, 0.2) is 0 Å². The minimum Gasteiger partial charge on any atom is -0.493 e. The SMILES string of the molecule is CN(Cc1ccncc1)C(=O)NCc1cc(Cl)cc2c1OCC2. The van der Waals surface area contributed by atoms with Crippen LogP contribution >= 0.6 is 11.6 Å². The third-order valence-corrected chi connectivity index (χ3v) is 3.99. The largest absolute Gasteiger partial charge is 0.493 e. The fourth-order valence-corrected chi connectivity index (χ4v) is 2.88. The Morgan fingerprint density at radius 3 is 2.96 bits per heavy atom. The second-order valence-corrected chi connectivity index (χ2v) is 5.96. The van der Waals surface area contributed by atoms with Crippen LogP contribution in [0.25, 0.3) is 0 Å². The topological polar surface area (TPSA) is 54.5 Å². The van der Waals surface area contributed by atoms with E-state index in [0.29, 0.717) is 24.7 Å². The number of amides is 2. The van der Waals surface area contributed by atoms with Crippen LogP contribution in [0.3, 0.4) is 0 Å². The molecule has 0 aliphatic carbocycles. The van der Waals surface area contributed by atoms with E-state index < -0.39 is 0 Å². The molecule has 0 bridgehead atoms. The van der Waals surface area contributed by atoms with Gasteiger partial charge >= 0.3 is 6.03 Å². The molecule has 2 amide bonds. The lowest BCUT2D eigenvalue weighted by Crippen LogP contribution is -2.36. The van der Waals surface area contributed by atoms with Gasteiger partial charge in [0.25, 0.3) is 0 Å². The lowest BCUT2D eigenvalue weighted by atomic mass is 10.1. The van der Waals surface area contributed by atoms with Gasteiger partial charge in [-0.2, -0.15) is 0 Å². The van der Waals surface area contributed by atoms with Crippen LogP contribution in [0.15, 0.2) is 36.7 Å². The van der Waals surface area contributed by atoms with Crippen LogP contribution in [0.2, 0.25) is 5.02 Å². The Kier molecular flexibility index (Phi) is 4.67. The van der Waals surface area contributed by atoms with Gasteiger partial charge in [-0.05, 0) is 35.4 Å². The summed E-state index contributed by atoms with van der Waals surface area (Å²) in [5, 5.41) is 3.58. The molecule has 1 aliphatic heterocycles. The number of nitrogens with zero attached hydrogens (tertiary/aromatic N) is 2. The summed E-state index contributed by atoms with van der Waals surface area (Å²) < 4.78 is 5.64. The molecule has 1 aliphatic rings. The number of nitrogens with one attached hydrogen (secondary N) is 1. The number of carbonyl (C=O) groups is 1. The monoisotopic (exact) mass is 331 g/mol. The molecule has 0 atom stereocenters. The quantitative estimate of drug-likeness (QED) is 0.937. The van der Waals surface area contributed by atoms with Crippen LogP contribution in [0.5, 0.6) is 5.75 Å². The van der Waals surface area contributed by atoms with Gasteiger partial charge in [0.05, 0.1) is 6.61 Å². The number of carbonyl (C=O) groups excluding carboxylic acids is 1. The molecule has 0 fully saturated rings. The molecular weight excluding hydrogens is 314 g/mol. The molecule has 0 radical (unpaired) electrons. The van der Waals surface area contributed by atoms with Crippen molar-refractivity contribution in [3.63, 3.8) is 0 Å². The van der Waals surface area contributed by atoms with E-state index in [1.165, 1.54) is 0 Å². The molecule has 5 nitrogen and oxygen atoms in total. The number of fused-ring (bicyclic) bond motifs is 1. The highest BCUT2D eigenvalue weighted by Gasteiger charge is 2.18. The minimum absolute atomic E-state index is 0.145. The summed E-state index contributed by atoms with van der Waals surface area (Å²) in [6.45, 7) is 1.58. The third kappa shape index (κ3) is 3.74. The summed E-state index contributed by atoms with van der Waals surface area (Å²) in [5.41, 5.74) is 3.05. The van der Waals surface area contributed by atoms with Gasteiger partial charge < -0.3 is 15.0 Å². The maximum absolute atomic E-state index is 12.2. The molecule has 2 heterocycles. The Morgan fingerprint density at radius 1 is 1.39 bits per heavy atom. The van der Waals surface area contributed by atoms with Gasteiger partial charge in [0.2, 0.25) is 0 Å². The summed E-state index contributed by atoms with van der Waals surface area (Å²) in [7, 11) is 1.76. The van der Waals surface area contributed by atoms with E-state index in [9.17, 15) is 4.79 Å². The van der Waals surface area contributed by atoms with Crippen LogP contribution < -0.4 is 10.1 Å². The van der Waals surface area contributed by atoms with Gasteiger partial charge in [0.1, 0.15) is 5.75 Å². The first-order valence-corrected chi connectivity index (χ1v) is 7.83. The summed E-state index contributed by atoms with van der Waals surface area (Å²) in [4.78, 5) is 17.8. The lowest BCUT2D eigenvalue weighted by Gasteiger charge is -2.18. The standard InChI is InChI=1S/C17H18ClN3O2/c1-21(11-12-2-5-19-6-3-12)17(22)20-10-14-9-15(18)8-13-4-7-23-16(13)14/h2-3,5-6,8-9H,4,7,10-11H2,1H3,(H,20,22). The Bertz CT molecular complexity index is 706. The number of ether oxygens (including phenoxy) is 1. The first-order chi connectivity index (χ1) is 11.1. The molecule has 0 unspecified atom stereocenters. The van der Waals surface area contributed by atoms with Crippen LogP contribution in [0.1, 0.15) is 16.7 Å². The van der Waals surface area contributed by atoms with E-state index in [2.05, 4.69) is 10.3 Å². The van der Waals surface area contributed by atoms with Gasteiger partial charge in [-0.25, -0.2) is 4.79 Å². The Balaban J connectivity index is 1.61. The zero-order valence-electron chi connectivity index (χ0n) is 12.9. The second-order valence-electron chi connectivity index (χ2n) is 5.52. The molecule has 6 heteroatoms. The van der Waals surface area contributed by atoms with Crippen molar-refractivity contribution in [2.75, 3.05) is 13.7 Å². The molecule has 1 aromatic carbocycles. The fourth-order valence-electron chi connectivity index (χ4n) is 2.62. The van der Waals surface area contributed by atoms with Crippen molar-refractivity contribution in [1.29, 1.82) is 0 Å². The van der Waals surface area contributed by atoms with Crippen molar-refractivity contribution in [2.45, 2.75) is 19.5 Å². The maximum Gasteiger partial charge on any atom is 0.317 e. The predicted molar refractivity (Wildman–Crippen MR) is 88.6 cm³/mol. The highest BCUT2D eigenvalue weighted by molar-refractivity contribution is 6.30. The predicted octanol–water partition coefficient (Wildman–Crippen LogP) is 3.01. The number of aromatic nitrogens is 1. The molecule has 1 N–H and O–H groups in total. The average molecular weight is 332 g/mol. The number of pyridine rings is 1. The highest BCUT2D eigenvalue weighted by atomic mass is 35.5. The van der Waals surface area contributed by atoms with Crippen molar-refractivity contribution < 1.29 is 9.53 Å². The van der Waals surface area contributed by atoms with Crippen LogP contribution in [-0.2, 0) is 19.5 Å². The van der Waals surface area contributed by atoms with E-state index in [4.69, 9.17) is 16.3 Å². The van der Waals surface area contributed by atoms with Crippen molar-refractivity contribution >= 4 is 17.6 Å². The normalized spacial score (nSPS) is 12.4. The zero-order valence-corrected chi connectivity index (χ0v) is 13.6. The highest BCUT2D eigenvalue weighted by Crippen LogP contribution is 2.32. The molecule has 23 heavy (non-hydrogen) atoms. The number of rotatable bonds is 4. The Hall–Kier alpha value is -2.27. The zero-order chi connectivity index (χ0) is 16.2. The maximum atomic E-state index is 12.2. The number of hydrogen-bond donors (Lipinski definition) is 1. The number of benzene rings is 1. The first kappa shape index (κ1) is 15.6. The average Bonchev–Trinajstić information content (AvgIpc) is 3.01. The molecule has 3 rings (SSSR count). The van der Waals surface area contributed by atoms with E-state index in [-0.39, 0.29) is 6.03 Å². The summed E-state index contributed by atoms with van der Waals surface area (Å²) in [5.74, 6) is 0.853. The third-order valence-electron chi connectivity index (χ3n) is 3.77. The fraction of sp³-hybridized carbons (Fsp3) is 0.294. The van der Waals surface area contributed by atoms with Gasteiger partial charge in [-0.15, -0.1) is 0 Å². The number of hydrogen-bond acceptors (Lipinski definition) is 3. The molecule has 120 valence electrons. The van der Waals surface area contributed by atoms with Crippen molar-refractivity contribution in [3.8, 4) is 5.75 Å². The van der Waals surface area contributed by atoms with Crippen molar-refractivity contribution in [2.24, 2.45) is 0 Å². The van der Waals surface area contributed by atoms with Gasteiger partial charge in [-0.1, -0.05) is 11.6 Å². The van der Waals surface area contributed by atoms with E-state index in [1.54, 1.807) is 24.3 Å². The number of urea groups is 1. The summed E-state index contributed by atoms with van der Waals surface area (Å²) >= 11 is 6.13. The van der Waals surface area contributed by atoms with Gasteiger partial charge in [-0.3, -0.25) is 4.98 Å². The Labute approximate surface area is 140 Å². The van der Waals surface area contributed by atoms with E-state index >= 15 is 0 Å². The van der Waals surface area contributed by atoms with Crippen molar-refractivity contribution in [1.82, 2.24) is 15.2 Å². The van der Waals surface area contributed by atoms with Crippen LogP contribution in [0.4, 0.5) is 4.79 Å². The smallest absolute Gasteiger partial charge is 0.317 e. The van der Waals surface area contributed by atoms with Crippen LogP contribution in [-0.4, -0.2) is 29.6 Å². The van der Waals surface area contributed by atoms with E-state index in [1.807, 2.05) is 24.3 Å². The lowest BCUT2D eigenvalue weighted by molar-refractivity contribution is 0.206.